The van der Waals surface area contributed by atoms with Crippen LogP contribution in [0, 0.1) is 17.8 Å². The predicted octanol–water partition coefficient (Wildman–Crippen LogP) is 3.10. The van der Waals surface area contributed by atoms with Gasteiger partial charge in [-0.25, -0.2) is 8.42 Å². The molecule has 0 bridgehead atoms. The number of aliphatic imine (C=N–C) groups is 1. The Morgan fingerprint density at radius 3 is 2.27 bits per heavy atom. The molecule has 1 saturated heterocycles. The van der Waals surface area contributed by atoms with Crippen LogP contribution in [0.15, 0.2) is 4.99 Å². The van der Waals surface area contributed by atoms with Gasteiger partial charge in [0.1, 0.15) is 0 Å². The van der Waals surface area contributed by atoms with Crippen LogP contribution in [0.25, 0.3) is 0 Å². The van der Waals surface area contributed by atoms with E-state index in [-0.39, 0.29) is 29.9 Å². The average molecular weight is 495 g/mol. The summed E-state index contributed by atoms with van der Waals surface area (Å²) < 4.78 is 23.3. The first-order chi connectivity index (χ1) is 12.1. The zero-order valence-electron chi connectivity index (χ0n) is 15.7. The normalized spacial score (nSPS) is 36.7. The second kappa shape index (κ2) is 8.97. The summed E-state index contributed by atoms with van der Waals surface area (Å²) >= 11 is 0. The molecule has 0 amide bonds. The van der Waals surface area contributed by atoms with E-state index in [1.54, 1.807) is 0 Å². The Morgan fingerprint density at radius 1 is 0.885 bits per heavy atom. The van der Waals surface area contributed by atoms with Crippen molar-refractivity contribution in [3.05, 3.63) is 0 Å². The summed E-state index contributed by atoms with van der Waals surface area (Å²) in [7, 11) is -2.80. The highest BCUT2D eigenvalue weighted by Gasteiger charge is 2.33. The van der Waals surface area contributed by atoms with Crippen LogP contribution in [0.4, 0.5) is 0 Å². The van der Waals surface area contributed by atoms with Crippen LogP contribution in [-0.4, -0.2) is 44.5 Å². The van der Waals surface area contributed by atoms with Crippen molar-refractivity contribution in [3.8, 4) is 0 Å². The molecule has 2 N–H and O–H groups in total. The van der Waals surface area contributed by atoms with Crippen LogP contribution >= 0.6 is 24.0 Å². The maximum absolute atomic E-state index is 11.6. The first-order valence-electron chi connectivity index (χ1n) is 10.4. The Morgan fingerprint density at radius 2 is 1.58 bits per heavy atom. The van der Waals surface area contributed by atoms with E-state index in [9.17, 15) is 8.42 Å². The van der Waals surface area contributed by atoms with Crippen LogP contribution in [0.5, 0.6) is 0 Å². The summed E-state index contributed by atoms with van der Waals surface area (Å²) in [4.78, 5) is 4.78. The van der Waals surface area contributed by atoms with Gasteiger partial charge in [0.15, 0.2) is 15.8 Å². The maximum atomic E-state index is 11.6. The number of hydrogen-bond donors (Lipinski definition) is 2. The number of nitrogens with zero attached hydrogens (tertiary/aromatic N) is 1. The SMILES string of the molecule is I.O=S1(=O)CCC(CN=C(NC2CC2)NC2CCC3CCCCC3C2)C1. The molecule has 1 aliphatic heterocycles. The lowest BCUT2D eigenvalue weighted by Crippen LogP contribution is -2.47. The van der Waals surface area contributed by atoms with Crippen molar-refractivity contribution in [2.24, 2.45) is 22.7 Å². The van der Waals surface area contributed by atoms with Gasteiger partial charge < -0.3 is 10.6 Å². The van der Waals surface area contributed by atoms with E-state index in [1.807, 2.05) is 0 Å². The van der Waals surface area contributed by atoms with Crippen LogP contribution in [-0.2, 0) is 9.84 Å². The number of halogens is 1. The van der Waals surface area contributed by atoms with Crippen molar-refractivity contribution >= 4 is 39.8 Å². The van der Waals surface area contributed by atoms with E-state index in [2.05, 4.69) is 10.6 Å². The molecule has 4 unspecified atom stereocenters. The Kier molecular flexibility index (Phi) is 7.13. The summed E-state index contributed by atoms with van der Waals surface area (Å²) in [5.41, 5.74) is 0. The third-order valence-corrected chi connectivity index (χ3v) is 8.47. The third-order valence-electron chi connectivity index (χ3n) is 6.63. The van der Waals surface area contributed by atoms with Crippen LogP contribution in [0.2, 0.25) is 0 Å². The minimum absolute atomic E-state index is 0. The molecular weight excluding hydrogens is 461 g/mol. The second-order valence-corrected chi connectivity index (χ2v) is 11.1. The summed E-state index contributed by atoms with van der Waals surface area (Å²) in [6.45, 7) is 0.639. The number of guanidine groups is 1. The molecule has 4 fully saturated rings. The van der Waals surface area contributed by atoms with Gasteiger partial charge in [0.25, 0.3) is 0 Å². The van der Waals surface area contributed by atoms with Gasteiger partial charge in [0.05, 0.1) is 11.5 Å². The van der Waals surface area contributed by atoms with Crippen molar-refractivity contribution in [2.75, 3.05) is 18.1 Å². The minimum Gasteiger partial charge on any atom is -0.354 e. The average Bonchev–Trinajstić information content (AvgIpc) is 3.34. The van der Waals surface area contributed by atoms with Gasteiger partial charge in [-0.1, -0.05) is 25.7 Å². The van der Waals surface area contributed by atoms with Crippen molar-refractivity contribution in [2.45, 2.75) is 76.3 Å². The first kappa shape index (κ1) is 20.7. The van der Waals surface area contributed by atoms with Crippen molar-refractivity contribution in [3.63, 3.8) is 0 Å². The lowest BCUT2D eigenvalue weighted by atomic mass is 9.69. The van der Waals surface area contributed by atoms with E-state index in [4.69, 9.17) is 4.99 Å². The molecule has 4 aliphatic rings. The van der Waals surface area contributed by atoms with E-state index in [1.165, 1.54) is 57.8 Å². The minimum atomic E-state index is -2.80. The second-order valence-electron chi connectivity index (χ2n) is 8.84. The van der Waals surface area contributed by atoms with Crippen LogP contribution in [0.1, 0.15) is 64.2 Å². The highest BCUT2D eigenvalue weighted by Crippen LogP contribution is 2.40. The highest BCUT2D eigenvalue weighted by atomic mass is 127. The van der Waals surface area contributed by atoms with Crippen LogP contribution < -0.4 is 10.6 Å². The molecule has 1 heterocycles. The number of nitrogens with one attached hydrogen (secondary N) is 2. The molecule has 26 heavy (non-hydrogen) atoms. The number of sulfone groups is 1. The molecule has 4 rings (SSSR count). The molecule has 150 valence electrons. The van der Waals surface area contributed by atoms with Gasteiger partial charge in [0.2, 0.25) is 0 Å². The molecule has 3 saturated carbocycles. The number of hydrogen-bond acceptors (Lipinski definition) is 3. The van der Waals surface area contributed by atoms with E-state index >= 15 is 0 Å². The summed E-state index contributed by atoms with van der Waals surface area (Å²) in [5.74, 6) is 3.68. The Balaban J connectivity index is 0.00000196. The molecule has 5 nitrogen and oxygen atoms in total. The molecule has 0 aromatic heterocycles. The maximum Gasteiger partial charge on any atom is 0.191 e. The topological polar surface area (TPSA) is 70.6 Å². The van der Waals surface area contributed by atoms with Gasteiger partial charge in [-0.3, -0.25) is 4.99 Å². The van der Waals surface area contributed by atoms with E-state index in [0.29, 0.717) is 30.1 Å². The molecule has 0 spiro atoms. The molecule has 7 heteroatoms. The smallest absolute Gasteiger partial charge is 0.191 e. The van der Waals surface area contributed by atoms with Gasteiger partial charge in [-0.2, -0.15) is 0 Å². The van der Waals surface area contributed by atoms with Gasteiger partial charge in [0, 0.05) is 18.6 Å². The van der Waals surface area contributed by atoms with Gasteiger partial charge in [-0.05, 0) is 56.3 Å². The lowest BCUT2D eigenvalue weighted by Gasteiger charge is -2.40. The predicted molar refractivity (Wildman–Crippen MR) is 117 cm³/mol. The number of fused-ring (bicyclic) bond motifs is 1. The molecule has 0 aromatic carbocycles. The fourth-order valence-electron chi connectivity index (χ4n) is 4.99. The fourth-order valence-corrected chi connectivity index (χ4v) is 6.84. The zero-order chi connectivity index (χ0) is 17.3. The molecule has 3 aliphatic carbocycles. The Bertz CT molecular complexity index is 606. The molecule has 0 radical (unpaired) electrons. The Labute approximate surface area is 175 Å². The molecule has 0 aromatic rings. The summed E-state index contributed by atoms with van der Waals surface area (Å²) in [6.07, 6.45) is 12.8. The standard InChI is InChI=1S/C19H33N3O2S.HI/c23-25(24)10-9-14(13-25)12-20-19(21-17-7-8-17)22-18-6-5-15-3-1-2-4-16(15)11-18;/h14-18H,1-13H2,(H2,20,21,22);1H. The monoisotopic (exact) mass is 495 g/mol. The molecular formula is C19H34IN3O2S. The quantitative estimate of drug-likeness (QED) is 0.357. The van der Waals surface area contributed by atoms with E-state index < -0.39 is 9.84 Å². The fraction of sp³-hybridized carbons (Fsp3) is 0.947. The van der Waals surface area contributed by atoms with Gasteiger partial charge in [-0.15, -0.1) is 24.0 Å². The lowest BCUT2D eigenvalue weighted by molar-refractivity contribution is 0.150. The summed E-state index contributed by atoms with van der Waals surface area (Å²) in [6, 6.07) is 1.11. The van der Waals surface area contributed by atoms with Crippen molar-refractivity contribution in [1.82, 2.24) is 10.6 Å². The van der Waals surface area contributed by atoms with E-state index in [0.717, 1.165) is 24.2 Å². The first-order valence-corrected chi connectivity index (χ1v) is 12.2. The number of rotatable bonds is 4. The molecule has 4 atom stereocenters. The van der Waals surface area contributed by atoms with Gasteiger partial charge >= 0.3 is 0 Å². The highest BCUT2D eigenvalue weighted by molar-refractivity contribution is 14.0. The van der Waals surface area contributed by atoms with Crippen molar-refractivity contribution in [1.29, 1.82) is 0 Å². The Hall–Kier alpha value is -0.0500. The zero-order valence-corrected chi connectivity index (χ0v) is 18.8. The van der Waals surface area contributed by atoms with Crippen molar-refractivity contribution < 1.29 is 8.42 Å². The van der Waals surface area contributed by atoms with Crippen LogP contribution in [0.3, 0.4) is 0 Å². The third kappa shape index (κ3) is 5.72. The largest absolute Gasteiger partial charge is 0.354 e. The summed E-state index contributed by atoms with van der Waals surface area (Å²) in [5, 5.41) is 7.24.